The Kier molecular flexibility index (Phi) is 4.44. The highest BCUT2D eigenvalue weighted by Gasteiger charge is 2.24. The Labute approximate surface area is 144 Å². The van der Waals surface area contributed by atoms with Crippen LogP contribution in [0.3, 0.4) is 0 Å². The lowest BCUT2D eigenvalue weighted by Gasteiger charge is -2.11. The number of carbonyl (C=O) groups is 2. The molecule has 1 saturated carbocycles. The Morgan fingerprint density at radius 1 is 1.08 bits per heavy atom. The summed E-state index contributed by atoms with van der Waals surface area (Å²) in [7, 11) is 0. The molecule has 2 amide bonds. The monoisotopic (exact) mass is 344 g/mol. The number of anilines is 1. The molecule has 1 aliphatic carbocycles. The summed E-state index contributed by atoms with van der Waals surface area (Å²) < 4.78 is 0. The van der Waals surface area contributed by atoms with Crippen molar-refractivity contribution in [2.24, 2.45) is 0 Å². The van der Waals surface area contributed by atoms with Crippen LogP contribution in [0, 0.1) is 6.92 Å². The van der Waals surface area contributed by atoms with Gasteiger partial charge in [0.15, 0.2) is 0 Å². The summed E-state index contributed by atoms with van der Waals surface area (Å²) in [4.78, 5) is 24.5. The van der Waals surface area contributed by atoms with E-state index < -0.39 is 0 Å². The van der Waals surface area contributed by atoms with E-state index in [-0.39, 0.29) is 28.6 Å². The fourth-order valence-electron chi connectivity index (χ4n) is 2.24. The highest BCUT2D eigenvalue weighted by molar-refractivity contribution is 6.32. The molecule has 0 aromatic heterocycles. The lowest BCUT2D eigenvalue weighted by molar-refractivity contribution is 0.0949. The molecule has 0 spiro atoms. The molecule has 1 aliphatic rings. The van der Waals surface area contributed by atoms with Gasteiger partial charge in [-0.1, -0.05) is 17.7 Å². The number of hydrogen-bond acceptors (Lipinski definition) is 3. The van der Waals surface area contributed by atoms with Crippen molar-refractivity contribution in [3.8, 4) is 5.75 Å². The van der Waals surface area contributed by atoms with Gasteiger partial charge in [-0.25, -0.2) is 0 Å². The second-order valence-corrected chi connectivity index (χ2v) is 6.30. The molecule has 2 aromatic carbocycles. The van der Waals surface area contributed by atoms with Crippen molar-refractivity contribution < 1.29 is 14.7 Å². The van der Waals surface area contributed by atoms with Gasteiger partial charge < -0.3 is 15.7 Å². The van der Waals surface area contributed by atoms with E-state index in [0.29, 0.717) is 16.8 Å². The van der Waals surface area contributed by atoms with E-state index in [1.54, 1.807) is 18.2 Å². The summed E-state index contributed by atoms with van der Waals surface area (Å²) in [6, 6.07) is 9.70. The summed E-state index contributed by atoms with van der Waals surface area (Å²) in [6.07, 6.45) is 2.03. The van der Waals surface area contributed by atoms with Crippen molar-refractivity contribution >= 4 is 29.1 Å². The molecule has 24 heavy (non-hydrogen) atoms. The number of aromatic hydroxyl groups is 1. The van der Waals surface area contributed by atoms with Gasteiger partial charge in [0.25, 0.3) is 11.8 Å². The molecule has 3 rings (SSSR count). The zero-order valence-corrected chi connectivity index (χ0v) is 13.9. The van der Waals surface area contributed by atoms with Crippen LogP contribution >= 0.6 is 11.6 Å². The van der Waals surface area contributed by atoms with Gasteiger partial charge in [-0.2, -0.15) is 0 Å². The number of halogens is 1. The average molecular weight is 345 g/mol. The number of carbonyl (C=O) groups excluding carboxylic acids is 2. The van der Waals surface area contributed by atoms with E-state index in [1.807, 2.05) is 6.92 Å². The number of amides is 2. The molecular formula is C18H17ClN2O3. The van der Waals surface area contributed by atoms with Crippen LogP contribution < -0.4 is 10.6 Å². The van der Waals surface area contributed by atoms with Crippen LogP contribution in [-0.4, -0.2) is 23.0 Å². The third-order valence-electron chi connectivity index (χ3n) is 3.87. The summed E-state index contributed by atoms with van der Waals surface area (Å²) in [5.74, 6) is -0.580. The molecule has 0 bridgehead atoms. The van der Waals surface area contributed by atoms with Crippen LogP contribution in [0.5, 0.6) is 5.75 Å². The lowest BCUT2D eigenvalue weighted by Crippen LogP contribution is -2.25. The maximum absolute atomic E-state index is 12.3. The normalized spacial score (nSPS) is 13.4. The van der Waals surface area contributed by atoms with Crippen molar-refractivity contribution in [2.75, 3.05) is 5.32 Å². The third kappa shape index (κ3) is 3.68. The minimum absolute atomic E-state index is 0.0804. The van der Waals surface area contributed by atoms with E-state index in [4.69, 9.17) is 11.6 Å². The van der Waals surface area contributed by atoms with E-state index in [1.165, 1.54) is 18.2 Å². The Morgan fingerprint density at radius 2 is 1.75 bits per heavy atom. The van der Waals surface area contributed by atoms with E-state index in [9.17, 15) is 14.7 Å². The molecule has 0 atom stereocenters. The Bertz CT molecular complexity index is 816. The molecule has 0 radical (unpaired) electrons. The van der Waals surface area contributed by atoms with Crippen molar-refractivity contribution in [3.63, 3.8) is 0 Å². The highest BCUT2D eigenvalue weighted by Crippen LogP contribution is 2.25. The summed E-state index contributed by atoms with van der Waals surface area (Å²) in [5, 5.41) is 15.2. The van der Waals surface area contributed by atoms with Gasteiger partial charge in [0.1, 0.15) is 5.75 Å². The van der Waals surface area contributed by atoms with Crippen LogP contribution in [0.4, 0.5) is 5.69 Å². The standard InChI is InChI=1S/C18H17ClN2O3/c1-10-2-3-12(17(23)20-13-5-6-13)9-15(10)21-18(24)11-4-7-16(22)14(19)8-11/h2-4,7-9,13,22H,5-6H2,1H3,(H,20,23)(H,21,24). The maximum atomic E-state index is 12.3. The van der Waals surface area contributed by atoms with Gasteiger partial charge >= 0.3 is 0 Å². The van der Waals surface area contributed by atoms with Gasteiger partial charge in [0.05, 0.1) is 5.02 Å². The maximum Gasteiger partial charge on any atom is 0.255 e. The minimum atomic E-state index is -0.361. The van der Waals surface area contributed by atoms with Gasteiger partial charge in [0.2, 0.25) is 0 Å². The topological polar surface area (TPSA) is 78.4 Å². The Morgan fingerprint density at radius 3 is 2.42 bits per heavy atom. The number of rotatable bonds is 4. The quantitative estimate of drug-likeness (QED) is 0.794. The van der Waals surface area contributed by atoms with Crippen LogP contribution in [0.25, 0.3) is 0 Å². The first-order chi connectivity index (χ1) is 11.4. The molecule has 1 fully saturated rings. The van der Waals surface area contributed by atoms with Gasteiger partial charge in [-0.05, 0) is 55.7 Å². The zero-order chi connectivity index (χ0) is 17.3. The van der Waals surface area contributed by atoms with Gasteiger partial charge in [0, 0.05) is 22.9 Å². The molecule has 0 saturated heterocycles. The number of aryl methyl sites for hydroxylation is 1. The van der Waals surface area contributed by atoms with Crippen molar-refractivity contribution in [3.05, 3.63) is 58.1 Å². The van der Waals surface area contributed by atoms with E-state index in [2.05, 4.69) is 10.6 Å². The van der Waals surface area contributed by atoms with Crippen LogP contribution in [0.15, 0.2) is 36.4 Å². The number of phenols is 1. The molecule has 0 unspecified atom stereocenters. The molecule has 3 N–H and O–H groups in total. The van der Waals surface area contributed by atoms with E-state index >= 15 is 0 Å². The number of hydrogen-bond donors (Lipinski definition) is 3. The lowest BCUT2D eigenvalue weighted by atomic mass is 10.1. The molecule has 2 aromatic rings. The summed E-state index contributed by atoms with van der Waals surface area (Å²) in [6.45, 7) is 1.85. The van der Waals surface area contributed by atoms with Crippen LogP contribution in [0.2, 0.25) is 5.02 Å². The van der Waals surface area contributed by atoms with Gasteiger partial charge in [-0.3, -0.25) is 9.59 Å². The summed E-state index contributed by atoms with van der Waals surface area (Å²) >= 11 is 5.83. The molecule has 124 valence electrons. The fraction of sp³-hybridized carbons (Fsp3) is 0.222. The second-order valence-electron chi connectivity index (χ2n) is 5.90. The summed E-state index contributed by atoms with van der Waals surface area (Å²) in [5.41, 5.74) is 2.24. The predicted molar refractivity (Wildman–Crippen MR) is 92.7 cm³/mol. The molecular weight excluding hydrogens is 328 g/mol. The Hall–Kier alpha value is -2.53. The zero-order valence-electron chi connectivity index (χ0n) is 13.1. The average Bonchev–Trinajstić information content (AvgIpc) is 3.36. The highest BCUT2D eigenvalue weighted by atomic mass is 35.5. The second kappa shape index (κ2) is 6.53. The van der Waals surface area contributed by atoms with Crippen molar-refractivity contribution in [1.82, 2.24) is 5.32 Å². The Balaban J connectivity index is 1.79. The largest absolute Gasteiger partial charge is 0.506 e. The minimum Gasteiger partial charge on any atom is -0.506 e. The van der Waals surface area contributed by atoms with Crippen LogP contribution in [0.1, 0.15) is 39.1 Å². The molecule has 0 heterocycles. The fourth-order valence-corrected chi connectivity index (χ4v) is 2.42. The number of phenolic OH excluding ortho intramolecular Hbond substituents is 1. The van der Waals surface area contributed by atoms with Crippen LogP contribution in [-0.2, 0) is 0 Å². The third-order valence-corrected chi connectivity index (χ3v) is 4.17. The van der Waals surface area contributed by atoms with E-state index in [0.717, 1.165) is 18.4 Å². The molecule has 6 heteroatoms. The molecule has 0 aliphatic heterocycles. The smallest absolute Gasteiger partial charge is 0.255 e. The molecule has 5 nitrogen and oxygen atoms in total. The number of nitrogens with one attached hydrogen (secondary N) is 2. The van der Waals surface area contributed by atoms with Crippen molar-refractivity contribution in [2.45, 2.75) is 25.8 Å². The predicted octanol–water partition coefficient (Wildman–Crippen LogP) is 3.50. The first kappa shape index (κ1) is 16.3. The number of benzene rings is 2. The first-order valence-electron chi connectivity index (χ1n) is 7.65. The van der Waals surface area contributed by atoms with Crippen molar-refractivity contribution in [1.29, 1.82) is 0 Å². The SMILES string of the molecule is Cc1ccc(C(=O)NC2CC2)cc1NC(=O)c1ccc(O)c(Cl)c1. The first-order valence-corrected chi connectivity index (χ1v) is 8.03. The van der Waals surface area contributed by atoms with Gasteiger partial charge in [-0.15, -0.1) is 0 Å².